The molecule has 0 aromatic heterocycles. The van der Waals surface area contributed by atoms with Gasteiger partial charge >= 0.3 is 0 Å². The summed E-state index contributed by atoms with van der Waals surface area (Å²) in [5, 5.41) is 0.544. The number of hydrogen-bond acceptors (Lipinski definition) is 2. The molecule has 0 aliphatic heterocycles. The third kappa shape index (κ3) is 4.32. The first-order valence-corrected chi connectivity index (χ1v) is 7.05. The summed E-state index contributed by atoms with van der Waals surface area (Å²) >= 11 is 9.10. The van der Waals surface area contributed by atoms with Crippen LogP contribution in [0, 0.1) is 5.82 Å². The minimum absolute atomic E-state index is 0.0801. The van der Waals surface area contributed by atoms with E-state index < -0.39 is 0 Å². The maximum atomic E-state index is 13.1. The number of carbonyl (C=O) groups is 1. The summed E-state index contributed by atoms with van der Waals surface area (Å²) in [7, 11) is 0. The van der Waals surface area contributed by atoms with Gasteiger partial charge in [-0.25, -0.2) is 4.39 Å². The number of ether oxygens (including phenoxy) is 1. The third-order valence-corrected chi connectivity index (χ3v) is 3.60. The highest BCUT2D eigenvalue weighted by Crippen LogP contribution is 2.19. The molecule has 0 aliphatic rings. The Labute approximate surface area is 129 Å². The van der Waals surface area contributed by atoms with Crippen LogP contribution < -0.4 is 4.74 Å². The molecular weight excluding hydrogens is 347 g/mol. The minimum Gasteiger partial charge on any atom is -0.486 e. The predicted molar refractivity (Wildman–Crippen MR) is 79.8 cm³/mol. The molecule has 0 N–H and O–H groups in total. The van der Waals surface area contributed by atoms with Crippen molar-refractivity contribution >= 4 is 33.3 Å². The molecule has 0 radical (unpaired) electrons. The first-order valence-electron chi connectivity index (χ1n) is 5.88. The van der Waals surface area contributed by atoms with Crippen LogP contribution in [0.15, 0.2) is 46.9 Å². The van der Waals surface area contributed by atoms with Crippen molar-refractivity contribution in [1.29, 1.82) is 0 Å². The van der Waals surface area contributed by atoms with Gasteiger partial charge in [-0.3, -0.25) is 4.79 Å². The molecule has 2 aromatic carbocycles. The Kier molecular flexibility index (Phi) is 5.15. The van der Waals surface area contributed by atoms with Crippen molar-refractivity contribution in [3.63, 3.8) is 0 Å². The quantitative estimate of drug-likeness (QED) is 0.791. The first-order chi connectivity index (χ1) is 9.54. The number of Topliss-reactive ketones (excluding diaryl/α,β-unsaturated/α-hetero) is 1. The number of halogens is 3. The zero-order valence-electron chi connectivity index (χ0n) is 10.4. The zero-order valence-corrected chi connectivity index (χ0v) is 12.7. The fraction of sp³-hybridized carbons (Fsp3) is 0.133. The van der Waals surface area contributed by atoms with Crippen LogP contribution in [-0.4, -0.2) is 12.4 Å². The molecule has 0 saturated heterocycles. The number of carbonyl (C=O) groups excluding carboxylic acids is 1. The lowest BCUT2D eigenvalue weighted by Gasteiger charge is -2.07. The van der Waals surface area contributed by atoms with Crippen molar-refractivity contribution in [2.24, 2.45) is 0 Å². The highest BCUT2D eigenvalue weighted by Gasteiger charge is 2.09. The van der Waals surface area contributed by atoms with Gasteiger partial charge in [0.2, 0.25) is 0 Å². The van der Waals surface area contributed by atoms with Crippen LogP contribution in [0.3, 0.4) is 0 Å². The summed E-state index contributed by atoms with van der Waals surface area (Å²) in [4.78, 5) is 11.8. The lowest BCUT2D eigenvalue weighted by molar-refractivity contribution is -0.120. The molecule has 5 heteroatoms. The Morgan fingerprint density at radius 3 is 2.80 bits per heavy atom. The number of ketones is 1. The van der Waals surface area contributed by atoms with Gasteiger partial charge in [-0.05, 0) is 42.0 Å². The zero-order chi connectivity index (χ0) is 14.5. The largest absolute Gasteiger partial charge is 0.486 e. The molecule has 0 saturated carbocycles. The predicted octanol–water partition coefficient (Wildman–Crippen LogP) is 4.43. The Morgan fingerprint density at radius 2 is 2.05 bits per heavy atom. The second-order valence-electron chi connectivity index (χ2n) is 4.20. The summed E-state index contributed by atoms with van der Waals surface area (Å²) < 4.78 is 19.2. The van der Waals surface area contributed by atoms with E-state index in [1.807, 2.05) is 0 Å². The van der Waals surface area contributed by atoms with E-state index in [0.29, 0.717) is 20.8 Å². The van der Waals surface area contributed by atoms with E-state index in [-0.39, 0.29) is 24.6 Å². The van der Waals surface area contributed by atoms with Crippen LogP contribution in [-0.2, 0) is 11.2 Å². The summed E-state index contributed by atoms with van der Waals surface area (Å²) in [6.45, 7) is -0.0801. The van der Waals surface area contributed by atoms with E-state index in [0.717, 1.165) is 0 Å². The molecule has 0 amide bonds. The molecule has 0 atom stereocenters. The molecule has 104 valence electrons. The third-order valence-electron chi connectivity index (χ3n) is 2.59. The molecule has 2 nitrogen and oxygen atoms in total. The number of hydrogen-bond donors (Lipinski definition) is 0. The fourth-order valence-corrected chi connectivity index (χ4v) is 2.23. The van der Waals surface area contributed by atoms with E-state index in [1.54, 1.807) is 30.3 Å². The van der Waals surface area contributed by atoms with E-state index in [4.69, 9.17) is 16.3 Å². The molecular formula is C15H11BrClFO2. The maximum Gasteiger partial charge on any atom is 0.174 e. The van der Waals surface area contributed by atoms with Gasteiger partial charge in [0, 0.05) is 15.9 Å². The highest BCUT2D eigenvalue weighted by molar-refractivity contribution is 9.10. The summed E-state index contributed by atoms with van der Waals surface area (Å²) in [5.74, 6) is 0.0205. The van der Waals surface area contributed by atoms with Crippen LogP contribution in [0.1, 0.15) is 5.56 Å². The van der Waals surface area contributed by atoms with Gasteiger partial charge in [0.05, 0.1) is 0 Å². The standard InChI is InChI=1S/C15H11BrClFO2/c16-15-5-4-12(18)6-10(15)7-13(19)9-20-14-3-1-2-11(17)8-14/h1-6,8H,7,9H2. The molecule has 0 heterocycles. The Bertz CT molecular complexity index is 631. The summed E-state index contributed by atoms with van der Waals surface area (Å²) in [5.41, 5.74) is 0.602. The van der Waals surface area contributed by atoms with Gasteiger partial charge in [0.25, 0.3) is 0 Å². The van der Waals surface area contributed by atoms with Crippen molar-refractivity contribution < 1.29 is 13.9 Å². The minimum atomic E-state index is -0.369. The molecule has 0 aliphatic carbocycles. The molecule has 2 rings (SSSR count). The fourth-order valence-electron chi connectivity index (χ4n) is 1.66. The number of benzene rings is 2. The van der Waals surface area contributed by atoms with Crippen molar-refractivity contribution in [3.8, 4) is 5.75 Å². The first kappa shape index (κ1) is 15.0. The van der Waals surface area contributed by atoms with Crippen LogP contribution in [0.25, 0.3) is 0 Å². The normalized spacial score (nSPS) is 10.3. The summed E-state index contributed by atoms with van der Waals surface area (Å²) in [6, 6.07) is 11.1. The molecule has 0 spiro atoms. The lowest BCUT2D eigenvalue weighted by Crippen LogP contribution is -2.14. The Morgan fingerprint density at radius 1 is 1.25 bits per heavy atom. The average Bonchev–Trinajstić information content (AvgIpc) is 2.41. The molecule has 0 unspecified atom stereocenters. The molecule has 2 aromatic rings. The van der Waals surface area contributed by atoms with E-state index in [1.165, 1.54) is 12.1 Å². The van der Waals surface area contributed by atoms with Gasteiger partial charge in [-0.1, -0.05) is 33.6 Å². The topological polar surface area (TPSA) is 26.3 Å². The van der Waals surface area contributed by atoms with Crippen molar-refractivity contribution in [2.45, 2.75) is 6.42 Å². The van der Waals surface area contributed by atoms with Gasteiger partial charge in [-0.15, -0.1) is 0 Å². The second-order valence-corrected chi connectivity index (χ2v) is 5.49. The number of rotatable bonds is 5. The molecule has 20 heavy (non-hydrogen) atoms. The second kappa shape index (κ2) is 6.86. The van der Waals surface area contributed by atoms with Crippen LogP contribution >= 0.6 is 27.5 Å². The molecule has 0 bridgehead atoms. The van der Waals surface area contributed by atoms with Crippen molar-refractivity contribution in [3.05, 3.63) is 63.3 Å². The van der Waals surface area contributed by atoms with Gasteiger partial charge in [0.15, 0.2) is 5.78 Å². The smallest absolute Gasteiger partial charge is 0.174 e. The van der Waals surface area contributed by atoms with Crippen molar-refractivity contribution in [1.82, 2.24) is 0 Å². The SMILES string of the molecule is O=C(COc1cccc(Cl)c1)Cc1cc(F)ccc1Br. The van der Waals surface area contributed by atoms with Crippen LogP contribution in [0.5, 0.6) is 5.75 Å². The average molecular weight is 358 g/mol. The van der Waals surface area contributed by atoms with E-state index in [9.17, 15) is 9.18 Å². The highest BCUT2D eigenvalue weighted by atomic mass is 79.9. The van der Waals surface area contributed by atoms with Crippen molar-refractivity contribution in [2.75, 3.05) is 6.61 Å². The maximum absolute atomic E-state index is 13.1. The van der Waals surface area contributed by atoms with Gasteiger partial charge < -0.3 is 4.74 Å². The molecule has 0 fully saturated rings. The Balaban J connectivity index is 1.94. The van der Waals surface area contributed by atoms with Gasteiger partial charge in [-0.2, -0.15) is 0 Å². The van der Waals surface area contributed by atoms with Gasteiger partial charge in [0.1, 0.15) is 18.2 Å². The van der Waals surface area contributed by atoms with E-state index in [2.05, 4.69) is 15.9 Å². The lowest BCUT2D eigenvalue weighted by atomic mass is 10.1. The Hall–Kier alpha value is -1.39. The monoisotopic (exact) mass is 356 g/mol. The summed E-state index contributed by atoms with van der Waals surface area (Å²) in [6.07, 6.45) is 0.110. The van der Waals surface area contributed by atoms with Crippen LogP contribution in [0.2, 0.25) is 5.02 Å². The van der Waals surface area contributed by atoms with Crippen LogP contribution in [0.4, 0.5) is 4.39 Å². The van der Waals surface area contributed by atoms with E-state index >= 15 is 0 Å².